The molecule has 0 aliphatic heterocycles. The SMILES string of the molecule is CCCC(N=C=O)C(N=C=O)C(=O)O. The van der Waals surface area contributed by atoms with Crippen LogP contribution >= 0.6 is 0 Å². The molecule has 0 heterocycles. The van der Waals surface area contributed by atoms with E-state index in [0.717, 1.165) is 6.08 Å². The molecule has 1 N–H and O–H groups in total. The number of carboxylic acids is 1. The fourth-order valence-electron chi connectivity index (χ4n) is 1.02. The standard InChI is InChI=1S/C8H10N2O4/c1-2-3-6(9-4-11)7(8(13)14)10-5-12/h6-7H,2-3H2,1H3,(H,13,14). The van der Waals surface area contributed by atoms with E-state index in [1.54, 1.807) is 6.92 Å². The van der Waals surface area contributed by atoms with Crippen molar-refractivity contribution in [1.82, 2.24) is 0 Å². The van der Waals surface area contributed by atoms with Crippen molar-refractivity contribution >= 4 is 18.1 Å². The summed E-state index contributed by atoms with van der Waals surface area (Å²) in [6.45, 7) is 1.80. The summed E-state index contributed by atoms with van der Waals surface area (Å²) in [6.07, 6.45) is 3.41. The summed E-state index contributed by atoms with van der Waals surface area (Å²) < 4.78 is 0. The van der Waals surface area contributed by atoms with Crippen LogP contribution in [-0.4, -0.2) is 35.3 Å². The molecule has 0 fully saturated rings. The Morgan fingerprint density at radius 3 is 2.29 bits per heavy atom. The minimum absolute atomic E-state index is 0.359. The Balaban J connectivity index is 4.79. The van der Waals surface area contributed by atoms with Gasteiger partial charge in [-0.25, -0.2) is 14.4 Å². The number of carbonyl (C=O) groups excluding carboxylic acids is 2. The van der Waals surface area contributed by atoms with E-state index in [2.05, 4.69) is 9.98 Å². The maximum absolute atomic E-state index is 10.6. The van der Waals surface area contributed by atoms with E-state index < -0.39 is 18.1 Å². The monoisotopic (exact) mass is 198 g/mol. The van der Waals surface area contributed by atoms with Gasteiger partial charge in [0.05, 0.1) is 6.04 Å². The zero-order valence-corrected chi connectivity index (χ0v) is 7.64. The van der Waals surface area contributed by atoms with Gasteiger partial charge < -0.3 is 5.11 Å². The van der Waals surface area contributed by atoms with Crippen molar-refractivity contribution < 1.29 is 19.5 Å². The maximum atomic E-state index is 10.6. The second-order valence-electron chi connectivity index (χ2n) is 2.58. The second-order valence-corrected chi connectivity index (χ2v) is 2.58. The van der Waals surface area contributed by atoms with Crippen LogP contribution in [0.15, 0.2) is 9.98 Å². The Morgan fingerprint density at radius 2 is 1.93 bits per heavy atom. The first-order valence-corrected chi connectivity index (χ1v) is 4.04. The largest absolute Gasteiger partial charge is 0.480 e. The van der Waals surface area contributed by atoms with Crippen molar-refractivity contribution in [1.29, 1.82) is 0 Å². The lowest BCUT2D eigenvalue weighted by Gasteiger charge is -2.12. The molecule has 0 aromatic carbocycles. The average Bonchev–Trinajstić information content (AvgIpc) is 2.13. The third-order valence-electron chi connectivity index (χ3n) is 1.61. The predicted molar refractivity (Wildman–Crippen MR) is 46.4 cm³/mol. The zero-order chi connectivity index (χ0) is 11.0. The molecule has 0 aromatic rings. The Hall–Kier alpha value is -1.77. The molecule has 14 heavy (non-hydrogen) atoms. The van der Waals surface area contributed by atoms with Gasteiger partial charge in [0.1, 0.15) is 0 Å². The number of hydrogen-bond donors (Lipinski definition) is 1. The topological polar surface area (TPSA) is 96.2 Å². The van der Waals surface area contributed by atoms with Crippen LogP contribution in [0.4, 0.5) is 0 Å². The quantitative estimate of drug-likeness (QED) is 0.489. The summed E-state index contributed by atoms with van der Waals surface area (Å²) in [7, 11) is 0. The van der Waals surface area contributed by atoms with Crippen LogP contribution in [-0.2, 0) is 14.4 Å². The average molecular weight is 198 g/mol. The van der Waals surface area contributed by atoms with E-state index in [4.69, 9.17) is 5.11 Å². The highest BCUT2D eigenvalue weighted by Crippen LogP contribution is 2.10. The van der Waals surface area contributed by atoms with Crippen molar-refractivity contribution in [2.45, 2.75) is 31.8 Å². The lowest BCUT2D eigenvalue weighted by Crippen LogP contribution is -2.30. The van der Waals surface area contributed by atoms with Gasteiger partial charge in [0.2, 0.25) is 12.2 Å². The molecular formula is C8H10N2O4. The van der Waals surface area contributed by atoms with Crippen LogP contribution in [0.2, 0.25) is 0 Å². The van der Waals surface area contributed by atoms with Crippen LogP contribution in [0.5, 0.6) is 0 Å². The van der Waals surface area contributed by atoms with Crippen LogP contribution in [0.25, 0.3) is 0 Å². The van der Waals surface area contributed by atoms with Crippen LogP contribution in [0.3, 0.4) is 0 Å². The summed E-state index contributed by atoms with van der Waals surface area (Å²) in [4.78, 5) is 36.9. The lowest BCUT2D eigenvalue weighted by atomic mass is 10.1. The molecule has 0 spiro atoms. The highest BCUT2D eigenvalue weighted by Gasteiger charge is 2.26. The number of carbonyl (C=O) groups is 1. The normalized spacial score (nSPS) is 13.2. The minimum atomic E-state index is -1.34. The summed E-state index contributed by atoms with van der Waals surface area (Å²) in [5, 5.41) is 8.67. The smallest absolute Gasteiger partial charge is 0.331 e. The fraction of sp³-hybridized carbons (Fsp3) is 0.625. The zero-order valence-electron chi connectivity index (χ0n) is 7.64. The highest BCUT2D eigenvalue weighted by atomic mass is 16.4. The molecule has 6 heteroatoms. The summed E-state index contributed by atoms with van der Waals surface area (Å²) in [5.41, 5.74) is 0. The molecule has 0 bridgehead atoms. The molecule has 6 nitrogen and oxygen atoms in total. The van der Waals surface area contributed by atoms with Gasteiger partial charge in [-0.3, -0.25) is 0 Å². The molecule has 0 saturated carbocycles. The van der Waals surface area contributed by atoms with E-state index in [-0.39, 0.29) is 0 Å². The second kappa shape index (κ2) is 6.71. The molecule has 76 valence electrons. The van der Waals surface area contributed by atoms with Crippen molar-refractivity contribution in [3.8, 4) is 0 Å². The van der Waals surface area contributed by atoms with E-state index in [1.807, 2.05) is 0 Å². The molecule has 0 rings (SSSR count). The molecule has 0 saturated heterocycles. The van der Waals surface area contributed by atoms with Crippen molar-refractivity contribution in [3.63, 3.8) is 0 Å². The van der Waals surface area contributed by atoms with Gasteiger partial charge in [-0.1, -0.05) is 13.3 Å². The Kier molecular flexibility index (Phi) is 5.87. The Morgan fingerprint density at radius 1 is 1.36 bits per heavy atom. The number of aliphatic carboxylic acids is 1. The number of aliphatic imine (C=N–C) groups is 2. The van der Waals surface area contributed by atoms with Gasteiger partial charge in [0, 0.05) is 0 Å². The Labute approximate surface area is 80.4 Å². The molecule has 2 unspecified atom stereocenters. The van der Waals surface area contributed by atoms with Crippen molar-refractivity contribution in [3.05, 3.63) is 0 Å². The van der Waals surface area contributed by atoms with Gasteiger partial charge in [-0.05, 0) is 6.42 Å². The molecule has 0 amide bonds. The van der Waals surface area contributed by atoms with E-state index >= 15 is 0 Å². The van der Waals surface area contributed by atoms with Crippen LogP contribution in [0.1, 0.15) is 19.8 Å². The number of isocyanates is 2. The Bertz CT molecular complexity index is 288. The van der Waals surface area contributed by atoms with Gasteiger partial charge in [-0.2, -0.15) is 9.98 Å². The number of carboxylic acid groups (broad SMARTS) is 1. The maximum Gasteiger partial charge on any atom is 0.331 e. The number of rotatable bonds is 6. The summed E-state index contributed by atoms with van der Waals surface area (Å²) in [5.74, 6) is -1.30. The van der Waals surface area contributed by atoms with Crippen LogP contribution in [0, 0.1) is 0 Å². The molecule has 0 aliphatic carbocycles. The molecule has 0 radical (unpaired) electrons. The number of nitrogens with zero attached hydrogens (tertiary/aromatic N) is 2. The summed E-state index contributed by atoms with van der Waals surface area (Å²) in [6, 6.07) is -2.18. The first-order chi connectivity index (χ1) is 6.67. The molecule has 0 aromatic heterocycles. The van der Waals surface area contributed by atoms with Gasteiger partial charge in [-0.15, -0.1) is 0 Å². The third kappa shape index (κ3) is 3.76. The van der Waals surface area contributed by atoms with E-state index in [0.29, 0.717) is 12.8 Å². The summed E-state index contributed by atoms with van der Waals surface area (Å²) >= 11 is 0. The highest BCUT2D eigenvalue weighted by molar-refractivity contribution is 5.76. The van der Waals surface area contributed by atoms with Crippen LogP contribution < -0.4 is 0 Å². The van der Waals surface area contributed by atoms with Gasteiger partial charge in [0.15, 0.2) is 6.04 Å². The van der Waals surface area contributed by atoms with Crippen molar-refractivity contribution in [2.75, 3.05) is 0 Å². The van der Waals surface area contributed by atoms with E-state index in [1.165, 1.54) is 6.08 Å². The third-order valence-corrected chi connectivity index (χ3v) is 1.61. The first-order valence-electron chi connectivity index (χ1n) is 4.04. The molecular weight excluding hydrogens is 188 g/mol. The van der Waals surface area contributed by atoms with Crippen molar-refractivity contribution in [2.24, 2.45) is 9.98 Å². The van der Waals surface area contributed by atoms with Gasteiger partial charge in [0.25, 0.3) is 0 Å². The fourth-order valence-corrected chi connectivity index (χ4v) is 1.02. The number of hydrogen-bond acceptors (Lipinski definition) is 5. The molecule has 2 atom stereocenters. The minimum Gasteiger partial charge on any atom is -0.480 e. The lowest BCUT2D eigenvalue weighted by molar-refractivity contribution is -0.138. The first kappa shape index (κ1) is 12.2. The van der Waals surface area contributed by atoms with Gasteiger partial charge >= 0.3 is 5.97 Å². The predicted octanol–water partition coefficient (Wildman–Crippen LogP) is 0.280. The molecule has 0 aliphatic rings. The van der Waals surface area contributed by atoms with E-state index in [9.17, 15) is 14.4 Å².